The van der Waals surface area contributed by atoms with Crippen LogP contribution in [0, 0.1) is 0 Å². The smallest absolute Gasteiger partial charge is 0.231 e. The van der Waals surface area contributed by atoms with Crippen LogP contribution in [0.25, 0.3) is 0 Å². The first-order valence-corrected chi connectivity index (χ1v) is 10.6. The maximum atomic E-state index is 9.36. The molecule has 29 heavy (non-hydrogen) atoms. The molecule has 1 aliphatic heterocycles. The monoisotopic (exact) mass is 400 g/mol. The first kappa shape index (κ1) is 21.2. The lowest BCUT2D eigenvalue weighted by atomic mass is 10.0. The molecular weight excluding hydrogens is 368 g/mol. The Morgan fingerprint density at radius 2 is 1.97 bits per heavy atom. The van der Waals surface area contributed by atoms with E-state index in [4.69, 9.17) is 15.2 Å². The molecule has 4 N–H and O–H groups in total. The summed E-state index contributed by atoms with van der Waals surface area (Å²) in [6.45, 7) is 2.64. The van der Waals surface area contributed by atoms with Crippen LogP contribution in [0.3, 0.4) is 0 Å². The minimum Gasteiger partial charge on any atom is -0.454 e. The van der Waals surface area contributed by atoms with Gasteiger partial charge in [0.1, 0.15) is 5.82 Å². The molecule has 1 aliphatic rings. The fourth-order valence-electron chi connectivity index (χ4n) is 3.56. The van der Waals surface area contributed by atoms with E-state index in [9.17, 15) is 5.11 Å². The first-order chi connectivity index (χ1) is 14.2. The van der Waals surface area contributed by atoms with E-state index in [1.807, 2.05) is 12.3 Å². The fourth-order valence-corrected chi connectivity index (χ4v) is 3.56. The number of nitrogen functional groups attached to an aromatic ring is 1. The third-order valence-corrected chi connectivity index (χ3v) is 5.21. The van der Waals surface area contributed by atoms with Crippen LogP contribution in [-0.2, 0) is 12.8 Å². The number of anilines is 2. The average molecular weight is 401 g/mol. The molecule has 0 aliphatic carbocycles. The van der Waals surface area contributed by atoms with Crippen molar-refractivity contribution in [3.05, 3.63) is 35.5 Å². The second kappa shape index (κ2) is 10.9. The van der Waals surface area contributed by atoms with Crippen molar-refractivity contribution >= 4 is 11.8 Å². The van der Waals surface area contributed by atoms with Gasteiger partial charge in [-0.15, -0.1) is 0 Å². The molecule has 158 valence electrons. The Balaban J connectivity index is 1.54. The minimum atomic E-state index is 0.160. The maximum absolute atomic E-state index is 9.36. The van der Waals surface area contributed by atoms with Crippen molar-refractivity contribution < 1.29 is 14.6 Å². The first-order valence-electron chi connectivity index (χ1n) is 10.6. The van der Waals surface area contributed by atoms with E-state index in [1.165, 1.54) is 5.56 Å². The molecule has 0 amide bonds. The fraction of sp³-hybridized carbons (Fsp3) is 0.545. The number of aromatic nitrogens is 2. The molecule has 1 aromatic heterocycles. The summed E-state index contributed by atoms with van der Waals surface area (Å²) in [7, 11) is 0. The van der Waals surface area contributed by atoms with Crippen LogP contribution in [0.4, 0.5) is 11.8 Å². The highest BCUT2D eigenvalue weighted by Crippen LogP contribution is 2.33. The zero-order chi connectivity index (χ0) is 20.5. The van der Waals surface area contributed by atoms with Crippen LogP contribution in [0.15, 0.2) is 24.4 Å². The summed E-state index contributed by atoms with van der Waals surface area (Å²) < 4.78 is 10.8. The van der Waals surface area contributed by atoms with Crippen LogP contribution in [0.2, 0.25) is 0 Å². The van der Waals surface area contributed by atoms with E-state index in [0.29, 0.717) is 13.2 Å². The van der Waals surface area contributed by atoms with Crippen molar-refractivity contribution in [3.8, 4) is 11.5 Å². The molecular formula is C22H32N4O3. The van der Waals surface area contributed by atoms with Crippen molar-refractivity contribution in [2.24, 2.45) is 0 Å². The number of aliphatic hydroxyl groups is 1. The van der Waals surface area contributed by atoms with Gasteiger partial charge in [-0.25, -0.2) is 4.98 Å². The Morgan fingerprint density at radius 1 is 1.14 bits per heavy atom. The third-order valence-electron chi connectivity index (χ3n) is 5.21. The van der Waals surface area contributed by atoms with Gasteiger partial charge in [0.05, 0.1) is 0 Å². The molecule has 7 nitrogen and oxygen atoms in total. The second-order valence-corrected chi connectivity index (χ2v) is 7.49. The van der Waals surface area contributed by atoms with E-state index in [2.05, 4.69) is 34.3 Å². The number of ether oxygens (including phenoxy) is 2. The molecule has 2 heterocycles. The van der Waals surface area contributed by atoms with Gasteiger partial charge in [-0.2, -0.15) is 4.98 Å². The van der Waals surface area contributed by atoms with Gasteiger partial charge in [-0.3, -0.25) is 0 Å². The molecule has 0 spiro atoms. The predicted octanol–water partition coefficient (Wildman–Crippen LogP) is 3.71. The lowest BCUT2D eigenvalue weighted by Gasteiger charge is -2.20. The molecule has 0 saturated carbocycles. The molecule has 1 aromatic carbocycles. The summed E-state index contributed by atoms with van der Waals surface area (Å²) in [5, 5.41) is 12.9. The van der Waals surface area contributed by atoms with Crippen LogP contribution in [0.5, 0.6) is 11.5 Å². The van der Waals surface area contributed by atoms with Crippen molar-refractivity contribution in [3.63, 3.8) is 0 Å². The number of nitrogens with zero attached hydrogens (tertiary/aromatic N) is 2. The number of aryl methyl sites for hydroxylation is 2. The average Bonchev–Trinajstić information content (AvgIpc) is 3.19. The van der Waals surface area contributed by atoms with Gasteiger partial charge >= 0.3 is 0 Å². The zero-order valence-electron chi connectivity index (χ0n) is 17.2. The third kappa shape index (κ3) is 6.22. The summed E-state index contributed by atoms with van der Waals surface area (Å²) in [6.07, 6.45) is 9.71. The molecule has 7 heteroatoms. The Kier molecular flexibility index (Phi) is 7.93. The molecule has 0 saturated heterocycles. The SMILES string of the molecule is CCCC[C@@H](CCO)Nc1nc(N)ncc1CCCCc1ccc2c(c1)OCO2. The van der Waals surface area contributed by atoms with Gasteiger partial charge in [0.2, 0.25) is 12.7 Å². The Hall–Kier alpha value is -2.54. The van der Waals surface area contributed by atoms with Gasteiger partial charge in [-0.1, -0.05) is 25.8 Å². The summed E-state index contributed by atoms with van der Waals surface area (Å²) in [4.78, 5) is 8.60. The van der Waals surface area contributed by atoms with Gasteiger partial charge in [0.15, 0.2) is 11.5 Å². The zero-order valence-corrected chi connectivity index (χ0v) is 17.2. The predicted molar refractivity (Wildman–Crippen MR) is 114 cm³/mol. The van der Waals surface area contributed by atoms with Gasteiger partial charge in [-0.05, 0) is 56.2 Å². The van der Waals surface area contributed by atoms with Gasteiger partial charge in [0, 0.05) is 24.4 Å². The van der Waals surface area contributed by atoms with E-state index in [-0.39, 0.29) is 18.6 Å². The van der Waals surface area contributed by atoms with Crippen LogP contribution in [0.1, 0.15) is 56.6 Å². The molecule has 0 radical (unpaired) electrons. The Morgan fingerprint density at radius 3 is 2.79 bits per heavy atom. The second-order valence-electron chi connectivity index (χ2n) is 7.49. The number of fused-ring (bicyclic) bond motifs is 1. The number of benzene rings is 1. The standard InChI is InChI=1S/C22H32N4O3/c1-2-3-8-18(11-12-27)25-21-17(14-24-22(23)26-21)7-5-4-6-16-9-10-19-20(13-16)29-15-28-19/h9-10,13-14,18,27H,2-8,11-12,15H2,1H3,(H3,23,24,25,26)/t18-/m0/s1. The Bertz CT molecular complexity index is 785. The number of rotatable bonds is 12. The van der Waals surface area contributed by atoms with Crippen LogP contribution >= 0.6 is 0 Å². The molecule has 2 aromatic rings. The minimum absolute atomic E-state index is 0.160. The van der Waals surface area contributed by atoms with Crippen LogP contribution < -0.4 is 20.5 Å². The summed E-state index contributed by atoms with van der Waals surface area (Å²) in [5.41, 5.74) is 8.15. The molecule has 0 bridgehead atoms. The molecule has 0 unspecified atom stereocenters. The number of nitrogens with one attached hydrogen (secondary N) is 1. The molecule has 3 rings (SSSR count). The number of nitrogens with two attached hydrogens (primary N) is 1. The highest BCUT2D eigenvalue weighted by molar-refractivity contribution is 5.47. The number of aliphatic hydroxyl groups excluding tert-OH is 1. The van der Waals surface area contributed by atoms with Crippen molar-refractivity contribution in [2.75, 3.05) is 24.5 Å². The molecule has 0 fully saturated rings. The number of hydrogen-bond donors (Lipinski definition) is 3. The topological polar surface area (TPSA) is 103 Å². The van der Waals surface area contributed by atoms with Crippen molar-refractivity contribution in [2.45, 2.75) is 64.3 Å². The summed E-state index contributed by atoms with van der Waals surface area (Å²) >= 11 is 0. The van der Waals surface area contributed by atoms with Crippen molar-refractivity contribution in [1.82, 2.24) is 9.97 Å². The highest BCUT2D eigenvalue weighted by atomic mass is 16.7. The van der Waals surface area contributed by atoms with E-state index >= 15 is 0 Å². The summed E-state index contributed by atoms with van der Waals surface area (Å²) in [6, 6.07) is 6.33. The van der Waals surface area contributed by atoms with Crippen LogP contribution in [-0.4, -0.2) is 34.5 Å². The largest absolute Gasteiger partial charge is 0.454 e. The number of unbranched alkanes of at least 4 members (excludes halogenated alkanes) is 2. The lowest BCUT2D eigenvalue weighted by molar-refractivity contribution is 0.174. The van der Waals surface area contributed by atoms with E-state index in [0.717, 1.165) is 67.8 Å². The Labute approximate surface area is 172 Å². The maximum Gasteiger partial charge on any atom is 0.231 e. The normalized spacial score (nSPS) is 13.4. The highest BCUT2D eigenvalue weighted by Gasteiger charge is 2.14. The lowest BCUT2D eigenvalue weighted by Crippen LogP contribution is -2.23. The molecule has 1 atom stereocenters. The number of hydrogen-bond acceptors (Lipinski definition) is 7. The van der Waals surface area contributed by atoms with Crippen molar-refractivity contribution in [1.29, 1.82) is 0 Å². The van der Waals surface area contributed by atoms with E-state index in [1.54, 1.807) is 0 Å². The van der Waals surface area contributed by atoms with E-state index < -0.39 is 0 Å². The van der Waals surface area contributed by atoms with Gasteiger partial charge in [0.25, 0.3) is 0 Å². The van der Waals surface area contributed by atoms with Gasteiger partial charge < -0.3 is 25.6 Å². The summed E-state index contributed by atoms with van der Waals surface area (Å²) in [5.74, 6) is 2.73. The quantitative estimate of drug-likeness (QED) is 0.467.